The topological polar surface area (TPSA) is 71.5 Å². The molecule has 0 saturated heterocycles. The Bertz CT molecular complexity index is 784. The molecule has 0 aliphatic rings. The first kappa shape index (κ1) is 15.1. The Morgan fingerprint density at radius 3 is 2.77 bits per heavy atom. The van der Waals surface area contributed by atoms with E-state index in [-0.39, 0.29) is 0 Å². The van der Waals surface area contributed by atoms with Gasteiger partial charge < -0.3 is 5.73 Å². The average molecular weight is 335 g/mol. The van der Waals surface area contributed by atoms with Crippen LogP contribution in [0.1, 0.15) is 18.9 Å². The zero-order chi connectivity index (χ0) is 15.5. The molecular formula is C15H17ClN5S+. The van der Waals surface area contributed by atoms with Gasteiger partial charge in [0.2, 0.25) is 5.52 Å². The maximum Gasteiger partial charge on any atom is 0.308 e. The van der Waals surface area contributed by atoms with Gasteiger partial charge in [0.15, 0.2) is 6.33 Å². The van der Waals surface area contributed by atoms with Crippen molar-refractivity contribution < 1.29 is 4.57 Å². The molecule has 3 aromatic rings. The van der Waals surface area contributed by atoms with Crippen molar-refractivity contribution in [2.75, 3.05) is 5.73 Å². The summed E-state index contributed by atoms with van der Waals surface area (Å²) in [4.78, 5) is 12.0. The molecule has 0 saturated carbocycles. The predicted octanol–water partition coefficient (Wildman–Crippen LogP) is 3.18. The first-order valence-corrected chi connectivity index (χ1v) is 8.45. The molecule has 0 fully saturated rings. The first-order valence-electron chi connectivity index (χ1n) is 7.08. The van der Waals surface area contributed by atoms with E-state index in [0.717, 1.165) is 39.9 Å². The van der Waals surface area contributed by atoms with Crippen molar-refractivity contribution in [2.24, 2.45) is 0 Å². The summed E-state index contributed by atoms with van der Waals surface area (Å²) in [6, 6.07) is 7.82. The minimum atomic E-state index is 0.301. The maximum absolute atomic E-state index is 5.91. The molecule has 2 heterocycles. The number of hydrogen-bond donors (Lipinski definition) is 2. The molecule has 7 heteroatoms. The van der Waals surface area contributed by atoms with Gasteiger partial charge in [-0.05, 0) is 24.1 Å². The van der Waals surface area contributed by atoms with Crippen LogP contribution in [0, 0.1) is 0 Å². The number of nitrogens with zero attached hydrogens (tertiary/aromatic N) is 3. The van der Waals surface area contributed by atoms with E-state index in [2.05, 4.69) is 26.4 Å². The molecule has 0 spiro atoms. The molecule has 2 aromatic heterocycles. The van der Waals surface area contributed by atoms with E-state index in [1.54, 1.807) is 11.8 Å². The molecule has 3 N–H and O–H groups in total. The van der Waals surface area contributed by atoms with E-state index in [1.807, 2.05) is 30.6 Å². The third-order valence-corrected chi connectivity index (χ3v) is 4.56. The number of anilines is 1. The van der Waals surface area contributed by atoms with Crippen LogP contribution in [0.2, 0.25) is 5.02 Å². The predicted molar refractivity (Wildman–Crippen MR) is 89.8 cm³/mol. The van der Waals surface area contributed by atoms with Gasteiger partial charge >= 0.3 is 5.65 Å². The van der Waals surface area contributed by atoms with Gasteiger partial charge in [0.25, 0.3) is 5.95 Å². The van der Waals surface area contributed by atoms with Crippen molar-refractivity contribution in [1.82, 2.24) is 15.0 Å². The number of benzene rings is 1. The third kappa shape index (κ3) is 3.18. The van der Waals surface area contributed by atoms with Crippen molar-refractivity contribution in [1.29, 1.82) is 0 Å². The van der Waals surface area contributed by atoms with E-state index in [4.69, 9.17) is 17.3 Å². The number of aryl methyl sites for hydroxylation is 1. The van der Waals surface area contributed by atoms with Gasteiger partial charge in [-0.15, -0.1) is 0 Å². The number of aromatic amines is 1. The average Bonchev–Trinajstić information content (AvgIpc) is 2.90. The fraction of sp³-hybridized carbons (Fsp3) is 0.267. The minimum Gasteiger partial charge on any atom is -0.354 e. The molecule has 0 unspecified atom stereocenters. The number of imidazole rings is 1. The Labute approximate surface area is 137 Å². The molecule has 0 atom stereocenters. The fourth-order valence-corrected chi connectivity index (χ4v) is 3.31. The summed E-state index contributed by atoms with van der Waals surface area (Å²) >= 11 is 7.54. The zero-order valence-electron chi connectivity index (χ0n) is 12.2. The number of fused-ring (bicyclic) bond motifs is 1. The van der Waals surface area contributed by atoms with Gasteiger partial charge in [-0.2, -0.15) is 4.98 Å². The number of nitrogen functional groups attached to an aromatic ring is 1. The summed E-state index contributed by atoms with van der Waals surface area (Å²) < 4.78 is 2.07. The maximum atomic E-state index is 5.91. The summed E-state index contributed by atoms with van der Waals surface area (Å²) in [5.74, 6) is 1.10. The molecule has 1 aromatic carbocycles. The molecule has 0 amide bonds. The van der Waals surface area contributed by atoms with E-state index < -0.39 is 0 Å². The number of nitrogens with one attached hydrogen (secondary N) is 1. The van der Waals surface area contributed by atoms with Gasteiger partial charge in [-0.25, -0.2) is 4.57 Å². The Hall–Kier alpha value is -1.79. The molecule has 0 radical (unpaired) electrons. The molecule has 3 rings (SSSR count). The number of rotatable bonds is 5. The van der Waals surface area contributed by atoms with Crippen molar-refractivity contribution in [3.63, 3.8) is 0 Å². The van der Waals surface area contributed by atoms with Crippen LogP contribution in [0.4, 0.5) is 5.95 Å². The van der Waals surface area contributed by atoms with Crippen LogP contribution in [0.15, 0.2) is 35.6 Å². The second kappa shape index (κ2) is 6.54. The van der Waals surface area contributed by atoms with Gasteiger partial charge in [-0.1, -0.05) is 47.4 Å². The van der Waals surface area contributed by atoms with E-state index >= 15 is 0 Å². The fourth-order valence-electron chi connectivity index (χ4n) is 2.23. The highest BCUT2D eigenvalue weighted by atomic mass is 35.5. The number of halogens is 1. The highest BCUT2D eigenvalue weighted by molar-refractivity contribution is 7.98. The van der Waals surface area contributed by atoms with E-state index in [0.29, 0.717) is 5.95 Å². The number of H-pyrrole nitrogens is 1. The Kier molecular flexibility index (Phi) is 4.49. The zero-order valence-corrected chi connectivity index (χ0v) is 13.8. The van der Waals surface area contributed by atoms with Crippen LogP contribution < -0.4 is 10.3 Å². The molecule has 5 nitrogen and oxygen atoms in total. The number of aromatic nitrogens is 4. The van der Waals surface area contributed by atoms with E-state index in [9.17, 15) is 0 Å². The Morgan fingerprint density at radius 1 is 1.27 bits per heavy atom. The third-order valence-electron chi connectivity index (χ3n) is 3.26. The van der Waals surface area contributed by atoms with Crippen molar-refractivity contribution in [3.05, 3.63) is 41.2 Å². The molecule has 114 valence electrons. The number of thioether (sulfide) groups is 1. The Morgan fingerprint density at radius 2 is 2.05 bits per heavy atom. The second-order valence-electron chi connectivity index (χ2n) is 4.97. The first-order chi connectivity index (χ1) is 10.7. The van der Waals surface area contributed by atoms with Gasteiger partial charge in [0, 0.05) is 10.8 Å². The van der Waals surface area contributed by atoms with Gasteiger partial charge in [-0.3, -0.25) is 4.98 Å². The van der Waals surface area contributed by atoms with Crippen LogP contribution in [-0.4, -0.2) is 15.0 Å². The van der Waals surface area contributed by atoms with Crippen LogP contribution in [0.25, 0.3) is 11.2 Å². The van der Waals surface area contributed by atoms with E-state index in [1.165, 1.54) is 5.56 Å². The largest absolute Gasteiger partial charge is 0.354 e. The van der Waals surface area contributed by atoms with Crippen molar-refractivity contribution in [2.45, 2.75) is 30.7 Å². The van der Waals surface area contributed by atoms with Crippen LogP contribution in [0.5, 0.6) is 0 Å². The molecule has 0 aliphatic carbocycles. The lowest BCUT2D eigenvalue weighted by atomic mass is 10.2. The SMILES string of the molecule is CCC[n+]1c[nH]c2c(SCc3ccc(Cl)cc3)nc(N)nc21. The Balaban J connectivity index is 1.88. The quantitative estimate of drug-likeness (QED) is 0.427. The van der Waals surface area contributed by atoms with Crippen LogP contribution >= 0.6 is 23.4 Å². The highest BCUT2D eigenvalue weighted by Crippen LogP contribution is 2.26. The van der Waals surface area contributed by atoms with Gasteiger partial charge in [0.1, 0.15) is 5.03 Å². The smallest absolute Gasteiger partial charge is 0.308 e. The van der Waals surface area contributed by atoms with Gasteiger partial charge in [0.05, 0.1) is 6.54 Å². The van der Waals surface area contributed by atoms with Crippen molar-refractivity contribution >= 4 is 40.5 Å². The minimum absolute atomic E-state index is 0.301. The van der Waals surface area contributed by atoms with Crippen LogP contribution in [0.3, 0.4) is 0 Å². The summed E-state index contributed by atoms with van der Waals surface area (Å²) in [7, 11) is 0. The van der Waals surface area contributed by atoms with Crippen LogP contribution in [-0.2, 0) is 12.3 Å². The summed E-state index contributed by atoms with van der Waals surface area (Å²) in [6.45, 7) is 3.03. The summed E-state index contributed by atoms with van der Waals surface area (Å²) in [5, 5.41) is 1.61. The molecule has 22 heavy (non-hydrogen) atoms. The normalized spacial score (nSPS) is 11.2. The summed E-state index contributed by atoms with van der Waals surface area (Å²) in [5.41, 5.74) is 8.83. The standard InChI is InChI=1S/C15H16ClN5S/c1-2-7-21-9-18-12-13(21)19-15(17)20-14(12)22-8-10-3-5-11(16)6-4-10/h3-6,9H,2,7-8H2,1H3,(H2,17,19,20)/p+1. The number of nitrogens with two attached hydrogens (primary N) is 1. The lowest BCUT2D eigenvalue weighted by molar-refractivity contribution is -0.673. The monoisotopic (exact) mass is 334 g/mol. The molecule has 0 bridgehead atoms. The molecule has 0 aliphatic heterocycles. The lowest BCUT2D eigenvalue weighted by Crippen LogP contribution is -2.32. The highest BCUT2D eigenvalue weighted by Gasteiger charge is 2.18. The second-order valence-corrected chi connectivity index (χ2v) is 6.37. The lowest BCUT2D eigenvalue weighted by Gasteiger charge is -2.02. The van der Waals surface area contributed by atoms with Crippen molar-refractivity contribution in [3.8, 4) is 0 Å². The number of hydrogen-bond acceptors (Lipinski definition) is 4. The summed E-state index contributed by atoms with van der Waals surface area (Å²) in [6.07, 6.45) is 2.96. The molecular weight excluding hydrogens is 318 g/mol.